The van der Waals surface area contributed by atoms with Crippen LogP contribution in [-0.2, 0) is 0 Å². The highest BCUT2D eigenvalue weighted by Gasteiger charge is 2.23. The molecule has 0 saturated carbocycles. The zero-order valence-corrected chi connectivity index (χ0v) is 14.4. The zero-order chi connectivity index (χ0) is 15.1. The predicted molar refractivity (Wildman–Crippen MR) is 85.5 cm³/mol. The third-order valence-corrected chi connectivity index (χ3v) is 4.34. The van der Waals surface area contributed by atoms with Crippen molar-refractivity contribution in [3.05, 3.63) is 22.2 Å². The summed E-state index contributed by atoms with van der Waals surface area (Å²) in [5, 5.41) is 10.7. The van der Waals surface area contributed by atoms with Gasteiger partial charge in [-0.05, 0) is 40.4 Å². The second-order valence-corrected chi connectivity index (χ2v) is 5.84. The van der Waals surface area contributed by atoms with Gasteiger partial charge in [-0.1, -0.05) is 33.1 Å². The summed E-state index contributed by atoms with van der Waals surface area (Å²) in [7, 11) is 3.24. The Kier molecular flexibility index (Phi) is 7.38. The van der Waals surface area contributed by atoms with Crippen LogP contribution in [0.4, 0.5) is 0 Å². The number of hydrogen-bond donors (Lipinski definition) is 1. The van der Waals surface area contributed by atoms with E-state index in [0.29, 0.717) is 11.5 Å². The van der Waals surface area contributed by atoms with Crippen LogP contribution in [0, 0.1) is 5.92 Å². The SMILES string of the molecule is CCCCC(CC)C(O)c1cc(OC)c(Br)cc1OC. The maximum absolute atomic E-state index is 10.7. The van der Waals surface area contributed by atoms with Gasteiger partial charge in [0.25, 0.3) is 0 Å². The summed E-state index contributed by atoms with van der Waals surface area (Å²) in [6.45, 7) is 4.29. The first kappa shape index (κ1) is 17.3. The van der Waals surface area contributed by atoms with Crippen molar-refractivity contribution in [3.8, 4) is 11.5 Å². The number of methoxy groups -OCH3 is 2. The van der Waals surface area contributed by atoms with Gasteiger partial charge in [0.1, 0.15) is 11.5 Å². The van der Waals surface area contributed by atoms with E-state index in [1.54, 1.807) is 14.2 Å². The van der Waals surface area contributed by atoms with Crippen molar-refractivity contribution in [3.63, 3.8) is 0 Å². The van der Waals surface area contributed by atoms with Crippen molar-refractivity contribution < 1.29 is 14.6 Å². The van der Waals surface area contributed by atoms with Crippen LogP contribution in [0.1, 0.15) is 51.2 Å². The van der Waals surface area contributed by atoms with Crippen LogP contribution in [0.25, 0.3) is 0 Å². The maximum atomic E-state index is 10.7. The topological polar surface area (TPSA) is 38.7 Å². The monoisotopic (exact) mass is 344 g/mol. The highest BCUT2D eigenvalue weighted by molar-refractivity contribution is 9.10. The molecule has 20 heavy (non-hydrogen) atoms. The lowest BCUT2D eigenvalue weighted by atomic mass is 9.88. The fourth-order valence-electron chi connectivity index (χ4n) is 2.42. The number of aliphatic hydroxyl groups excluding tert-OH is 1. The van der Waals surface area contributed by atoms with E-state index in [1.165, 1.54) is 0 Å². The molecule has 0 aliphatic rings. The third kappa shape index (κ3) is 4.13. The number of hydrogen-bond acceptors (Lipinski definition) is 3. The van der Waals surface area contributed by atoms with Gasteiger partial charge in [-0.25, -0.2) is 0 Å². The van der Waals surface area contributed by atoms with Gasteiger partial charge in [0.05, 0.1) is 24.8 Å². The number of ether oxygens (including phenoxy) is 2. The lowest BCUT2D eigenvalue weighted by Gasteiger charge is -2.24. The normalized spacial score (nSPS) is 13.9. The molecule has 0 heterocycles. The molecule has 114 valence electrons. The van der Waals surface area contributed by atoms with Crippen LogP contribution in [-0.4, -0.2) is 19.3 Å². The Hall–Kier alpha value is -0.740. The number of aliphatic hydroxyl groups is 1. The summed E-state index contributed by atoms with van der Waals surface area (Å²) in [5.74, 6) is 1.65. The van der Waals surface area contributed by atoms with E-state index < -0.39 is 6.10 Å². The molecule has 2 unspecified atom stereocenters. The molecule has 0 radical (unpaired) electrons. The molecule has 0 saturated heterocycles. The van der Waals surface area contributed by atoms with E-state index in [0.717, 1.165) is 35.7 Å². The average molecular weight is 345 g/mol. The Morgan fingerprint density at radius 3 is 2.30 bits per heavy atom. The molecule has 0 aliphatic heterocycles. The molecule has 1 rings (SSSR count). The van der Waals surface area contributed by atoms with Gasteiger partial charge in [0.2, 0.25) is 0 Å². The minimum absolute atomic E-state index is 0.245. The van der Waals surface area contributed by atoms with Gasteiger partial charge in [0, 0.05) is 5.56 Å². The van der Waals surface area contributed by atoms with Crippen molar-refractivity contribution in [1.82, 2.24) is 0 Å². The summed E-state index contributed by atoms with van der Waals surface area (Å²) in [5.41, 5.74) is 0.801. The van der Waals surface area contributed by atoms with Crippen molar-refractivity contribution in [2.24, 2.45) is 5.92 Å². The van der Waals surface area contributed by atoms with Crippen LogP contribution in [0.15, 0.2) is 16.6 Å². The lowest BCUT2D eigenvalue weighted by Crippen LogP contribution is -2.13. The molecule has 0 bridgehead atoms. The van der Waals surface area contributed by atoms with Gasteiger partial charge in [-0.3, -0.25) is 0 Å². The minimum Gasteiger partial charge on any atom is -0.496 e. The van der Waals surface area contributed by atoms with Crippen molar-refractivity contribution in [2.45, 2.75) is 45.6 Å². The van der Waals surface area contributed by atoms with Gasteiger partial charge >= 0.3 is 0 Å². The molecule has 0 spiro atoms. The molecule has 1 aromatic rings. The van der Waals surface area contributed by atoms with E-state index in [2.05, 4.69) is 29.8 Å². The molecule has 0 amide bonds. The summed E-state index contributed by atoms with van der Waals surface area (Å²) in [6.07, 6.45) is 3.72. The average Bonchev–Trinajstić information content (AvgIpc) is 2.47. The lowest BCUT2D eigenvalue weighted by molar-refractivity contribution is 0.0959. The number of benzene rings is 1. The number of rotatable bonds is 8. The standard InChI is InChI=1S/C16H25BrO3/c1-5-7-8-11(6-2)16(18)12-9-15(20-4)13(17)10-14(12)19-3/h9-11,16,18H,5-8H2,1-4H3. The summed E-state index contributed by atoms with van der Waals surface area (Å²) in [4.78, 5) is 0. The molecular weight excluding hydrogens is 320 g/mol. The fourth-order valence-corrected chi connectivity index (χ4v) is 2.90. The van der Waals surface area contributed by atoms with Crippen molar-refractivity contribution >= 4 is 15.9 Å². The Morgan fingerprint density at radius 2 is 1.80 bits per heavy atom. The van der Waals surface area contributed by atoms with E-state index in [1.807, 2.05) is 12.1 Å². The van der Waals surface area contributed by atoms with Crippen molar-refractivity contribution in [1.29, 1.82) is 0 Å². The number of halogens is 1. The Labute approximate surface area is 130 Å². The zero-order valence-electron chi connectivity index (χ0n) is 12.8. The van der Waals surface area contributed by atoms with Crippen LogP contribution >= 0.6 is 15.9 Å². The Morgan fingerprint density at radius 1 is 1.15 bits per heavy atom. The third-order valence-electron chi connectivity index (χ3n) is 3.72. The summed E-state index contributed by atoms with van der Waals surface area (Å²) < 4.78 is 11.5. The van der Waals surface area contributed by atoms with Gasteiger partial charge < -0.3 is 14.6 Å². The van der Waals surface area contributed by atoms with Crippen molar-refractivity contribution in [2.75, 3.05) is 14.2 Å². The summed E-state index contributed by atoms with van der Waals surface area (Å²) >= 11 is 3.44. The second-order valence-electron chi connectivity index (χ2n) is 4.98. The molecule has 2 atom stereocenters. The molecule has 0 aromatic heterocycles. The molecular formula is C16H25BrO3. The predicted octanol–water partition coefficient (Wildman–Crippen LogP) is 4.72. The molecule has 1 N–H and O–H groups in total. The molecule has 0 fully saturated rings. The fraction of sp³-hybridized carbons (Fsp3) is 0.625. The van der Waals surface area contributed by atoms with E-state index in [4.69, 9.17) is 9.47 Å². The second kappa shape index (κ2) is 8.53. The van der Waals surface area contributed by atoms with Crippen LogP contribution in [0.3, 0.4) is 0 Å². The van der Waals surface area contributed by atoms with Crippen LogP contribution in [0.2, 0.25) is 0 Å². The molecule has 0 aliphatic carbocycles. The largest absolute Gasteiger partial charge is 0.496 e. The molecule has 4 heteroatoms. The smallest absolute Gasteiger partial charge is 0.133 e. The minimum atomic E-state index is -0.525. The highest BCUT2D eigenvalue weighted by atomic mass is 79.9. The van der Waals surface area contributed by atoms with Gasteiger partial charge in [-0.15, -0.1) is 0 Å². The van der Waals surface area contributed by atoms with E-state index >= 15 is 0 Å². The molecule has 3 nitrogen and oxygen atoms in total. The quantitative estimate of drug-likeness (QED) is 0.741. The summed E-state index contributed by atoms with van der Waals surface area (Å²) in [6, 6.07) is 3.71. The van der Waals surface area contributed by atoms with Gasteiger partial charge in [-0.2, -0.15) is 0 Å². The first-order valence-electron chi connectivity index (χ1n) is 7.18. The maximum Gasteiger partial charge on any atom is 0.133 e. The number of unbranched alkanes of at least 4 members (excludes halogenated alkanes) is 1. The first-order valence-corrected chi connectivity index (χ1v) is 7.97. The Balaban J connectivity index is 3.08. The highest BCUT2D eigenvalue weighted by Crippen LogP contribution is 2.39. The van der Waals surface area contributed by atoms with Crippen LogP contribution < -0.4 is 9.47 Å². The van der Waals surface area contributed by atoms with Gasteiger partial charge in [0.15, 0.2) is 0 Å². The van der Waals surface area contributed by atoms with Crippen LogP contribution in [0.5, 0.6) is 11.5 Å². The Bertz CT molecular complexity index is 420. The first-order chi connectivity index (χ1) is 9.58. The molecule has 1 aromatic carbocycles. The van der Waals surface area contributed by atoms with E-state index in [9.17, 15) is 5.11 Å². The van der Waals surface area contributed by atoms with E-state index in [-0.39, 0.29) is 5.92 Å².